The van der Waals surface area contributed by atoms with Crippen LogP contribution in [0, 0.1) is 5.82 Å². The number of fused-ring (bicyclic) bond motifs is 2. The molecule has 0 saturated carbocycles. The maximum absolute atomic E-state index is 14.4. The number of halogens is 1. The molecule has 5 aromatic rings. The third-order valence-electron chi connectivity index (χ3n) is 8.79. The number of aromatic nitrogens is 5. The molecule has 2 aliphatic rings. The van der Waals surface area contributed by atoms with Crippen LogP contribution in [-0.4, -0.2) is 95.1 Å². The predicted molar refractivity (Wildman–Crippen MR) is 180 cm³/mol. The number of nitrogen functional groups attached to an aromatic ring is 1. The van der Waals surface area contributed by atoms with Gasteiger partial charge < -0.3 is 20.9 Å². The molecule has 14 nitrogen and oxygen atoms in total. The highest BCUT2D eigenvalue weighted by Gasteiger charge is 2.52. The number of hydrazine groups is 1. The molecule has 0 unspecified atom stereocenters. The molecule has 0 radical (unpaired) electrons. The van der Waals surface area contributed by atoms with Crippen LogP contribution in [0.2, 0.25) is 0 Å². The zero-order valence-electron chi connectivity index (χ0n) is 26.6. The van der Waals surface area contributed by atoms with Gasteiger partial charge in [0.15, 0.2) is 11.0 Å². The van der Waals surface area contributed by atoms with Crippen LogP contribution in [0.5, 0.6) is 0 Å². The molecule has 49 heavy (non-hydrogen) atoms. The summed E-state index contributed by atoms with van der Waals surface area (Å²) in [4.78, 5) is 49.8. The van der Waals surface area contributed by atoms with E-state index in [0.29, 0.717) is 23.9 Å². The highest BCUT2D eigenvalue weighted by Crippen LogP contribution is 2.32. The second-order valence-corrected chi connectivity index (χ2v) is 13.1. The van der Waals surface area contributed by atoms with E-state index in [0.717, 1.165) is 32.5 Å². The Morgan fingerprint density at radius 2 is 1.88 bits per heavy atom. The van der Waals surface area contributed by atoms with Crippen molar-refractivity contribution < 1.29 is 18.8 Å². The van der Waals surface area contributed by atoms with Crippen LogP contribution in [-0.2, 0) is 29.1 Å². The minimum atomic E-state index is -0.820. The van der Waals surface area contributed by atoms with Gasteiger partial charge in [0.25, 0.3) is 0 Å². The molecule has 0 aliphatic carbocycles. The van der Waals surface area contributed by atoms with Gasteiger partial charge in [-0.25, -0.2) is 19.3 Å². The fraction of sp³-hybridized carbons (Fsp3) is 0.303. The number of carbonyl (C=O) groups is 3. The van der Waals surface area contributed by atoms with Gasteiger partial charge in [0, 0.05) is 31.6 Å². The Labute approximate surface area is 284 Å². The number of benzene rings is 3. The molecule has 16 heteroatoms. The van der Waals surface area contributed by atoms with Gasteiger partial charge in [-0.2, -0.15) is 5.01 Å². The Morgan fingerprint density at radius 3 is 2.61 bits per heavy atom. The molecule has 252 valence electrons. The van der Waals surface area contributed by atoms with Crippen LogP contribution >= 0.6 is 11.3 Å². The number of rotatable bonds is 10. The summed E-state index contributed by atoms with van der Waals surface area (Å²) in [5, 5.41) is 20.6. The van der Waals surface area contributed by atoms with Crippen molar-refractivity contribution >= 4 is 44.5 Å². The number of nitrogens with zero attached hydrogens (tertiary/aromatic N) is 8. The van der Waals surface area contributed by atoms with Crippen LogP contribution in [0.25, 0.3) is 21.6 Å². The summed E-state index contributed by atoms with van der Waals surface area (Å²) in [5.74, 6) is -0.281. The average Bonchev–Trinajstić information content (AvgIpc) is 3.85. The molecule has 2 saturated heterocycles. The molecule has 4 heterocycles. The Kier molecular flexibility index (Phi) is 8.88. The van der Waals surface area contributed by atoms with E-state index < -0.39 is 12.2 Å². The van der Waals surface area contributed by atoms with Gasteiger partial charge in [0.1, 0.15) is 18.0 Å². The number of piperazine rings is 1. The fourth-order valence-electron chi connectivity index (χ4n) is 6.48. The zero-order valence-corrected chi connectivity index (χ0v) is 27.4. The van der Waals surface area contributed by atoms with E-state index in [1.54, 1.807) is 32.0 Å². The number of hydrogen-bond acceptors (Lipinski definition) is 10. The van der Waals surface area contributed by atoms with E-state index in [4.69, 9.17) is 5.73 Å². The third-order valence-corrected chi connectivity index (χ3v) is 9.64. The number of nitrogens with two attached hydrogens (primary N) is 1. The van der Waals surface area contributed by atoms with Crippen molar-refractivity contribution in [2.24, 2.45) is 0 Å². The molecule has 4 amide bonds. The fourth-order valence-corrected chi connectivity index (χ4v) is 7.26. The first-order valence-electron chi connectivity index (χ1n) is 15.9. The van der Waals surface area contributed by atoms with E-state index in [2.05, 4.69) is 30.9 Å². The van der Waals surface area contributed by atoms with E-state index >= 15 is 0 Å². The zero-order chi connectivity index (χ0) is 34.1. The van der Waals surface area contributed by atoms with E-state index in [1.807, 2.05) is 49.4 Å². The third kappa shape index (κ3) is 6.51. The lowest BCUT2D eigenvalue weighted by atomic mass is 9.99. The summed E-state index contributed by atoms with van der Waals surface area (Å²) in [6.45, 7) is 2.85. The lowest BCUT2D eigenvalue weighted by Crippen LogP contribution is -2.66. The number of thiazole rings is 1. The topological polar surface area (TPSA) is 170 Å². The number of tetrazole rings is 1. The maximum atomic E-state index is 14.4. The quantitative estimate of drug-likeness (QED) is 0.200. The summed E-state index contributed by atoms with van der Waals surface area (Å²) in [6, 6.07) is 18.0. The Morgan fingerprint density at radius 1 is 1.10 bits per heavy atom. The molecule has 3 aromatic carbocycles. The van der Waals surface area contributed by atoms with Crippen molar-refractivity contribution in [1.82, 2.24) is 50.7 Å². The smallest absolute Gasteiger partial charge is 0.332 e. The number of carbonyl (C=O) groups excluding carboxylic acids is 3. The van der Waals surface area contributed by atoms with Crippen LogP contribution in [0.1, 0.15) is 30.0 Å². The first kappa shape index (κ1) is 32.1. The minimum Gasteiger partial charge on any atom is -0.375 e. The molecule has 0 spiro atoms. The number of urea groups is 1. The molecule has 2 atom stereocenters. The van der Waals surface area contributed by atoms with Crippen molar-refractivity contribution in [3.05, 3.63) is 89.2 Å². The first-order chi connectivity index (χ1) is 23.8. The van der Waals surface area contributed by atoms with E-state index in [1.165, 1.54) is 23.5 Å². The van der Waals surface area contributed by atoms with Gasteiger partial charge in [0.2, 0.25) is 11.8 Å². The number of para-hydroxylation sites is 1. The van der Waals surface area contributed by atoms with Crippen LogP contribution < -0.4 is 11.1 Å². The van der Waals surface area contributed by atoms with Crippen molar-refractivity contribution in [3.8, 4) is 11.4 Å². The van der Waals surface area contributed by atoms with Crippen molar-refractivity contribution in [2.45, 2.75) is 45.1 Å². The number of hydrogen-bond donors (Lipinski definition) is 3. The largest absolute Gasteiger partial charge is 0.375 e. The average molecular weight is 684 g/mol. The highest BCUT2D eigenvalue weighted by molar-refractivity contribution is 7.22. The number of aromatic amines is 1. The molecule has 4 N–H and O–H groups in total. The van der Waals surface area contributed by atoms with Gasteiger partial charge in [-0.1, -0.05) is 66.8 Å². The number of H-pyrrole nitrogens is 1. The summed E-state index contributed by atoms with van der Waals surface area (Å²) in [5.41, 5.74) is 9.98. The molecular weight excluding hydrogens is 650 g/mol. The number of amides is 4. The second-order valence-electron chi connectivity index (χ2n) is 12.0. The SMILES string of the molecule is CCCN(C(=O)NCc1ccc(F)cc1)N1CC(=O)N2[C@@H](Cc3ccc(-c4nnn[nH]4)cc3)C(=O)N(Cc3cccc4sc(N)nc34)C[C@@H]21. The first-order valence-corrected chi connectivity index (χ1v) is 16.7. The van der Waals surface area contributed by atoms with Crippen LogP contribution in [0.15, 0.2) is 66.7 Å². The van der Waals surface area contributed by atoms with E-state index in [9.17, 15) is 18.8 Å². The highest BCUT2D eigenvalue weighted by atomic mass is 32.1. The monoisotopic (exact) mass is 683 g/mol. The van der Waals surface area contributed by atoms with Gasteiger partial charge in [-0.05, 0) is 51.7 Å². The summed E-state index contributed by atoms with van der Waals surface area (Å²) >= 11 is 1.38. The summed E-state index contributed by atoms with van der Waals surface area (Å²) < 4.78 is 14.4. The van der Waals surface area contributed by atoms with Crippen molar-refractivity contribution in [3.63, 3.8) is 0 Å². The lowest BCUT2D eigenvalue weighted by molar-refractivity contribution is -0.157. The normalized spacial score (nSPS) is 17.9. The van der Waals surface area contributed by atoms with Crippen LogP contribution in [0.3, 0.4) is 0 Å². The Hall–Kier alpha value is -5.48. The molecule has 2 aliphatic heterocycles. The van der Waals surface area contributed by atoms with Crippen molar-refractivity contribution in [1.29, 1.82) is 0 Å². The molecule has 2 fully saturated rings. The van der Waals surface area contributed by atoms with Gasteiger partial charge in [-0.15, -0.1) is 5.10 Å². The lowest BCUT2D eigenvalue weighted by Gasteiger charge is -2.46. The van der Waals surface area contributed by atoms with E-state index in [-0.39, 0.29) is 56.3 Å². The van der Waals surface area contributed by atoms with Crippen LogP contribution in [0.4, 0.5) is 14.3 Å². The molecular formula is C33H34FN11O3S. The number of anilines is 1. The minimum absolute atomic E-state index is 0.0676. The summed E-state index contributed by atoms with van der Waals surface area (Å²) in [6.07, 6.45) is 0.296. The summed E-state index contributed by atoms with van der Waals surface area (Å²) in [7, 11) is 0. The maximum Gasteiger partial charge on any atom is 0.332 e. The van der Waals surface area contributed by atoms with Gasteiger partial charge >= 0.3 is 6.03 Å². The Bertz CT molecular complexity index is 1970. The van der Waals surface area contributed by atoms with Crippen molar-refractivity contribution in [2.75, 3.05) is 25.4 Å². The standard InChI is InChI=1S/C33H34FN11O3S/c1-2-14-43(33(48)36-16-21-8-12-24(34)13-9-21)44-19-28(46)45-25(15-20-6-10-22(11-7-20)30-38-40-41-39-30)31(47)42(18-27(44)45)17-23-4-3-5-26-29(23)37-32(35)49-26/h3-13,25,27H,2,14-19H2,1H3,(H2,35,37)(H,36,48)(H,38,39,40,41)/t25-,27+/m0/s1. The molecule has 0 bridgehead atoms. The molecule has 2 aromatic heterocycles. The Balaban J connectivity index is 1.19. The van der Waals surface area contributed by atoms with Gasteiger partial charge in [0.05, 0.1) is 23.3 Å². The predicted octanol–water partition coefficient (Wildman–Crippen LogP) is 3.16. The van der Waals surface area contributed by atoms with Gasteiger partial charge in [-0.3, -0.25) is 14.6 Å². The number of nitrogens with one attached hydrogen (secondary N) is 2. The molecule has 7 rings (SSSR count). The second kappa shape index (κ2) is 13.6.